The first-order chi connectivity index (χ1) is 15.8. The van der Waals surface area contributed by atoms with Gasteiger partial charge in [0.15, 0.2) is 5.76 Å². The number of halogens is 1. The summed E-state index contributed by atoms with van der Waals surface area (Å²) >= 11 is 0. The number of hydrogen-bond donors (Lipinski definition) is 1. The molecule has 0 unspecified atom stereocenters. The molecule has 0 saturated carbocycles. The molecule has 4 rings (SSSR count). The lowest BCUT2D eigenvalue weighted by Gasteiger charge is -2.23. The van der Waals surface area contributed by atoms with Gasteiger partial charge in [0.05, 0.1) is 0 Å². The molecule has 1 aliphatic heterocycles. The second-order valence-corrected chi connectivity index (χ2v) is 9.67. The van der Waals surface area contributed by atoms with Crippen molar-refractivity contribution in [3.05, 3.63) is 71.4 Å². The Morgan fingerprint density at radius 2 is 1.79 bits per heavy atom. The Morgan fingerprint density at radius 1 is 1.15 bits per heavy atom. The molecule has 0 aliphatic carbocycles. The lowest BCUT2D eigenvalue weighted by Crippen LogP contribution is -2.45. The molecule has 1 N–H and O–H groups in total. The van der Waals surface area contributed by atoms with Gasteiger partial charge in [-0.3, -0.25) is 4.79 Å². The van der Waals surface area contributed by atoms with Gasteiger partial charge in [0, 0.05) is 13.1 Å². The van der Waals surface area contributed by atoms with Crippen molar-refractivity contribution in [1.82, 2.24) is 14.8 Å². The van der Waals surface area contributed by atoms with E-state index in [0.717, 1.165) is 5.56 Å². The number of ether oxygens (including phenoxy) is 1. The number of aryl methyl sites for hydroxylation is 2. The van der Waals surface area contributed by atoms with Crippen LogP contribution in [0.1, 0.15) is 29.9 Å². The Morgan fingerprint density at radius 3 is 2.39 bits per heavy atom. The van der Waals surface area contributed by atoms with Crippen LogP contribution < -0.4 is 10.1 Å². The van der Waals surface area contributed by atoms with Crippen LogP contribution in [0, 0.1) is 19.7 Å². The van der Waals surface area contributed by atoms with E-state index < -0.39 is 16.1 Å². The van der Waals surface area contributed by atoms with E-state index in [4.69, 9.17) is 9.26 Å². The van der Waals surface area contributed by atoms with E-state index >= 15 is 0 Å². The summed E-state index contributed by atoms with van der Waals surface area (Å²) in [7, 11) is -3.90. The number of hydrogen-bond acceptors (Lipinski definition) is 6. The number of nitrogens with zero attached hydrogens (tertiary/aromatic N) is 2. The first-order valence-corrected chi connectivity index (χ1v) is 11.9. The summed E-state index contributed by atoms with van der Waals surface area (Å²) in [5.41, 5.74) is 1.11. The third-order valence-corrected chi connectivity index (χ3v) is 7.63. The number of rotatable bonds is 7. The molecule has 0 bridgehead atoms. The van der Waals surface area contributed by atoms with Crippen molar-refractivity contribution in [2.24, 2.45) is 0 Å². The first kappa shape index (κ1) is 22.9. The van der Waals surface area contributed by atoms with Crippen LogP contribution in [0.5, 0.6) is 11.5 Å². The Balaban J connectivity index is 1.38. The van der Waals surface area contributed by atoms with Crippen LogP contribution in [0.25, 0.3) is 0 Å². The topological polar surface area (TPSA) is 102 Å². The van der Waals surface area contributed by atoms with Gasteiger partial charge in [0.1, 0.15) is 33.9 Å². The maximum absolute atomic E-state index is 13.1. The Kier molecular flexibility index (Phi) is 6.48. The highest BCUT2D eigenvalue weighted by Gasteiger charge is 2.41. The highest BCUT2D eigenvalue weighted by Crippen LogP contribution is 2.30. The van der Waals surface area contributed by atoms with Crippen LogP contribution in [0.3, 0.4) is 0 Å². The van der Waals surface area contributed by atoms with Gasteiger partial charge in [-0.05, 0) is 68.7 Å². The molecule has 1 fully saturated rings. The summed E-state index contributed by atoms with van der Waals surface area (Å²) in [6.07, 6.45) is 1.04. The zero-order chi connectivity index (χ0) is 23.6. The second-order valence-electron chi connectivity index (χ2n) is 7.84. The minimum atomic E-state index is -3.90. The van der Waals surface area contributed by atoms with Crippen molar-refractivity contribution < 1.29 is 26.9 Å². The first-order valence-electron chi connectivity index (χ1n) is 10.5. The fourth-order valence-corrected chi connectivity index (χ4v) is 5.82. The minimum Gasteiger partial charge on any atom is -0.457 e. The van der Waals surface area contributed by atoms with E-state index in [9.17, 15) is 17.6 Å². The number of sulfonamides is 1. The molecule has 0 radical (unpaired) electrons. The van der Waals surface area contributed by atoms with Crippen molar-refractivity contribution >= 4 is 15.9 Å². The van der Waals surface area contributed by atoms with Gasteiger partial charge in [0.25, 0.3) is 0 Å². The largest absolute Gasteiger partial charge is 0.457 e. The molecule has 174 valence electrons. The fourth-order valence-electron chi connectivity index (χ4n) is 3.87. The van der Waals surface area contributed by atoms with Gasteiger partial charge in [-0.25, -0.2) is 12.8 Å². The van der Waals surface area contributed by atoms with E-state index in [1.165, 1.54) is 28.6 Å². The minimum absolute atomic E-state index is 0.0268. The van der Waals surface area contributed by atoms with E-state index in [-0.39, 0.29) is 41.2 Å². The molecule has 3 aromatic rings. The molecule has 2 heterocycles. The molecule has 2 aromatic carbocycles. The van der Waals surface area contributed by atoms with E-state index in [0.29, 0.717) is 24.3 Å². The third-order valence-electron chi connectivity index (χ3n) is 5.48. The van der Waals surface area contributed by atoms with Gasteiger partial charge in [-0.15, -0.1) is 0 Å². The SMILES string of the molecule is Cc1noc(C)c1S(=O)(=O)N1CCC[C@H]1C(=O)NCc1ccc(Oc2ccc(F)cc2)cc1. The third kappa shape index (κ3) is 4.91. The smallest absolute Gasteiger partial charge is 0.249 e. The lowest BCUT2D eigenvalue weighted by atomic mass is 10.2. The second kappa shape index (κ2) is 9.32. The summed E-state index contributed by atoms with van der Waals surface area (Å²) < 4.78 is 51.2. The molecular formula is C23H24FN3O5S. The zero-order valence-corrected chi connectivity index (χ0v) is 19.1. The van der Waals surface area contributed by atoms with Crippen molar-refractivity contribution in [2.45, 2.75) is 44.2 Å². The van der Waals surface area contributed by atoms with E-state index in [1.54, 1.807) is 38.1 Å². The van der Waals surface area contributed by atoms with E-state index in [1.807, 2.05) is 0 Å². The van der Waals surface area contributed by atoms with Crippen LogP contribution >= 0.6 is 0 Å². The molecule has 1 atom stereocenters. The normalized spacial score (nSPS) is 16.6. The van der Waals surface area contributed by atoms with E-state index in [2.05, 4.69) is 10.5 Å². The van der Waals surface area contributed by atoms with Gasteiger partial charge in [-0.1, -0.05) is 17.3 Å². The Hall–Kier alpha value is -3.24. The maximum atomic E-state index is 13.1. The van der Waals surface area contributed by atoms with Crippen LogP contribution in [0.2, 0.25) is 0 Å². The molecular weight excluding hydrogens is 449 g/mol. The zero-order valence-electron chi connectivity index (χ0n) is 18.2. The number of benzene rings is 2. The summed E-state index contributed by atoms with van der Waals surface area (Å²) in [5, 5.41) is 6.55. The van der Waals surface area contributed by atoms with Gasteiger partial charge >= 0.3 is 0 Å². The number of amides is 1. The number of nitrogens with one attached hydrogen (secondary N) is 1. The predicted octanol–water partition coefficient (Wildman–Crippen LogP) is 3.69. The number of carbonyl (C=O) groups excluding carboxylic acids is 1. The van der Waals surface area contributed by atoms with Crippen LogP contribution in [0.15, 0.2) is 57.9 Å². The summed E-state index contributed by atoms with van der Waals surface area (Å²) in [4.78, 5) is 12.9. The quantitative estimate of drug-likeness (QED) is 0.562. The van der Waals surface area contributed by atoms with Crippen LogP contribution in [-0.4, -0.2) is 36.4 Å². The average Bonchev–Trinajstić information content (AvgIpc) is 3.42. The highest BCUT2D eigenvalue weighted by atomic mass is 32.2. The average molecular weight is 474 g/mol. The maximum Gasteiger partial charge on any atom is 0.249 e. The molecule has 33 heavy (non-hydrogen) atoms. The van der Waals surface area contributed by atoms with Gasteiger partial charge in [-0.2, -0.15) is 4.31 Å². The standard InChI is InChI=1S/C23H24FN3O5S/c1-15-22(16(2)32-26-15)33(29,30)27-13-3-4-21(27)23(28)25-14-17-5-9-19(10-6-17)31-20-11-7-18(24)8-12-20/h5-12,21H,3-4,13-14H2,1-2H3,(H,25,28)/t21-/m0/s1. The van der Waals surface area contributed by atoms with Crippen molar-refractivity contribution in [2.75, 3.05) is 6.54 Å². The molecule has 10 heteroatoms. The Labute approximate surface area is 191 Å². The van der Waals surface area contributed by atoms with Crippen LogP contribution in [0.4, 0.5) is 4.39 Å². The van der Waals surface area contributed by atoms with Crippen LogP contribution in [-0.2, 0) is 21.4 Å². The fraction of sp³-hybridized carbons (Fsp3) is 0.304. The molecule has 8 nitrogen and oxygen atoms in total. The summed E-state index contributed by atoms with van der Waals surface area (Å²) in [5.74, 6) is 0.604. The molecule has 1 saturated heterocycles. The highest BCUT2D eigenvalue weighted by molar-refractivity contribution is 7.89. The number of aromatic nitrogens is 1. The van der Waals surface area contributed by atoms with Crippen molar-refractivity contribution in [3.8, 4) is 11.5 Å². The predicted molar refractivity (Wildman–Crippen MR) is 118 cm³/mol. The molecule has 0 spiro atoms. The molecule has 1 aliphatic rings. The monoisotopic (exact) mass is 473 g/mol. The lowest BCUT2D eigenvalue weighted by molar-refractivity contribution is -0.124. The molecule has 1 amide bonds. The van der Waals surface area contributed by atoms with Crippen molar-refractivity contribution in [1.29, 1.82) is 0 Å². The Bertz CT molecular complexity index is 1220. The summed E-state index contributed by atoms with van der Waals surface area (Å²) in [6.45, 7) is 3.62. The van der Waals surface area contributed by atoms with Gasteiger partial charge in [0.2, 0.25) is 15.9 Å². The summed E-state index contributed by atoms with van der Waals surface area (Å²) in [6, 6.07) is 12.0. The van der Waals surface area contributed by atoms with Crippen molar-refractivity contribution in [3.63, 3.8) is 0 Å². The number of carbonyl (C=O) groups is 1. The molecule has 1 aromatic heterocycles. The van der Waals surface area contributed by atoms with Gasteiger partial charge < -0.3 is 14.6 Å².